The van der Waals surface area contributed by atoms with Crippen molar-refractivity contribution in [3.05, 3.63) is 72.1 Å². The van der Waals surface area contributed by atoms with Crippen LogP contribution in [0.4, 0.5) is 0 Å². The molecule has 0 aliphatic carbocycles. The molecular weight excluding hydrogens is 286 g/mol. The Balaban J connectivity index is 1.98. The summed E-state index contributed by atoms with van der Waals surface area (Å²) in [6, 6.07) is 16.0. The highest BCUT2D eigenvalue weighted by Gasteiger charge is 2.12. The molecule has 3 heteroatoms. The van der Waals surface area contributed by atoms with E-state index in [1.54, 1.807) is 6.92 Å². The first kappa shape index (κ1) is 15.2. The molecule has 23 heavy (non-hydrogen) atoms. The van der Waals surface area contributed by atoms with Gasteiger partial charge in [0.25, 0.3) is 0 Å². The lowest BCUT2D eigenvalue weighted by atomic mass is 10.1. The molecule has 0 aliphatic heterocycles. The van der Waals surface area contributed by atoms with Crippen molar-refractivity contribution in [3.8, 4) is 5.75 Å². The SMILES string of the molecule is CCOc1ccc(C(C)=O)cc1C[n+]1ccc2ccccc2c1. The number of carbonyl (C=O) groups is 1. The summed E-state index contributed by atoms with van der Waals surface area (Å²) in [7, 11) is 0. The molecule has 0 aliphatic rings. The summed E-state index contributed by atoms with van der Waals surface area (Å²) in [6.07, 6.45) is 4.17. The number of rotatable bonds is 5. The van der Waals surface area contributed by atoms with Crippen LogP contribution in [0.1, 0.15) is 29.8 Å². The standard InChI is InChI=1S/C20H20NO2/c1-3-23-20-9-8-17(15(2)22)12-19(20)14-21-11-10-16-6-4-5-7-18(16)13-21/h4-13H,3,14H2,1-2H3/q+1. The minimum Gasteiger partial charge on any atom is -0.493 e. The van der Waals surface area contributed by atoms with Crippen LogP contribution in [0.5, 0.6) is 5.75 Å². The monoisotopic (exact) mass is 306 g/mol. The van der Waals surface area contributed by atoms with Gasteiger partial charge in [0.1, 0.15) is 5.75 Å². The molecule has 0 unspecified atom stereocenters. The lowest BCUT2D eigenvalue weighted by Crippen LogP contribution is -2.33. The number of hydrogen-bond acceptors (Lipinski definition) is 2. The Morgan fingerprint density at radius 1 is 1.09 bits per heavy atom. The Hall–Kier alpha value is -2.68. The first-order chi connectivity index (χ1) is 11.2. The Labute approximate surface area is 136 Å². The second-order valence-corrected chi connectivity index (χ2v) is 5.56. The van der Waals surface area contributed by atoms with Crippen molar-refractivity contribution in [2.45, 2.75) is 20.4 Å². The molecule has 2 aromatic carbocycles. The average Bonchev–Trinajstić information content (AvgIpc) is 2.56. The predicted molar refractivity (Wildman–Crippen MR) is 90.9 cm³/mol. The van der Waals surface area contributed by atoms with E-state index in [-0.39, 0.29) is 5.78 Å². The minimum absolute atomic E-state index is 0.0674. The maximum absolute atomic E-state index is 11.6. The van der Waals surface area contributed by atoms with Gasteiger partial charge in [0, 0.05) is 17.0 Å². The van der Waals surface area contributed by atoms with Crippen molar-refractivity contribution in [2.24, 2.45) is 0 Å². The van der Waals surface area contributed by atoms with Gasteiger partial charge in [-0.05, 0) is 43.5 Å². The third-order valence-corrected chi connectivity index (χ3v) is 3.87. The van der Waals surface area contributed by atoms with Crippen LogP contribution in [0.15, 0.2) is 60.9 Å². The highest BCUT2D eigenvalue weighted by Crippen LogP contribution is 2.21. The maximum atomic E-state index is 11.6. The molecular formula is C20H20NO2+. The number of aromatic nitrogens is 1. The van der Waals surface area contributed by atoms with Crippen molar-refractivity contribution in [1.82, 2.24) is 0 Å². The van der Waals surface area contributed by atoms with Crippen molar-refractivity contribution in [3.63, 3.8) is 0 Å². The van der Waals surface area contributed by atoms with Gasteiger partial charge in [-0.25, -0.2) is 4.57 Å². The first-order valence-corrected chi connectivity index (χ1v) is 7.82. The third kappa shape index (κ3) is 3.39. The third-order valence-electron chi connectivity index (χ3n) is 3.87. The van der Waals surface area contributed by atoms with Gasteiger partial charge in [-0.15, -0.1) is 0 Å². The lowest BCUT2D eigenvalue weighted by molar-refractivity contribution is -0.687. The van der Waals surface area contributed by atoms with Crippen molar-refractivity contribution >= 4 is 16.6 Å². The number of ether oxygens (including phenoxy) is 1. The molecule has 1 heterocycles. The number of ketones is 1. The van der Waals surface area contributed by atoms with Gasteiger partial charge in [0.15, 0.2) is 24.7 Å². The van der Waals surface area contributed by atoms with Crippen LogP contribution in [0.25, 0.3) is 10.8 Å². The van der Waals surface area contributed by atoms with Crippen LogP contribution in [0.3, 0.4) is 0 Å². The number of carbonyl (C=O) groups excluding carboxylic acids is 1. The van der Waals surface area contributed by atoms with Gasteiger partial charge in [-0.1, -0.05) is 18.2 Å². The van der Waals surface area contributed by atoms with Crippen molar-refractivity contribution in [2.75, 3.05) is 6.61 Å². The highest BCUT2D eigenvalue weighted by atomic mass is 16.5. The van der Waals surface area contributed by atoms with Crippen LogP contribution in [-0.2, 0) is 6.54 Å². The van der Waals surface area contributed by atoms with Crippen LogP contribution in [-0.4, -0.2) is 12.4 Å². The molecule has 0 saturated heterocycles. The summed E-state index contributed by atoms with van der Waals surface area (Å²) in [5, 5.41) is 2.40. The van der Waals surface area contributed by atoms with Gasteiger partial charge >= 0.3 is 0 Å². The molecule has 0 N–H and O–H groups in total. The summed E-state index contributed by atoms with van der Waals surface area (Å²) in [6.45, 7) is 4.82. The molecule has 116 valence electrons. The molecule has 0 atom stereocenters. The van der Waals surface area contributed by atoms with Crippen LogP contribution < -0.4 is 9.30 Å². The lowest BCUT2D eigenvalue weighted by Gasteiger charge is -2.09. The molecule has 0 bridgehead atoms. The fraction of sp³-hybridized carbons (Fsp3) is 0.200. The van der Waals surface area contributed by atoms with Crippen LogP contribution in [0.2, 0.25) is 0 Å². The number of nitrogens with zero attached hydrogens (tertiary/aromatic N) is 1. The zero-order chi connectivity index (χ0) is 16.2. The summed E-state index contributed by atoms with van der Waals surface area (Å²) < 4.78 is 7.82. The topological polar surface area (TPSA) is 30.2 Å². The summed E-state index contributed by atoms with van der Waals surface area (Å²) in [5.41, 5.74) is 1.73. The second-order valence-electron chi connectivity index (χ2n) is 5.56. The van der Waals surface area contributed by atoms with Gasteiger partial charge < -0.3 is 4.74 Å². The molecule has 1 aromatic heterocycles. The molecule has 0 fully saturated rings. The zero-order valence-corrected chi connectivity index (χ0v) is 13.5. The number of pyridine rings is 1. The average molecular weight is 306 g/mol. The Morgan fingerprint density at radius 2 is 1.87 bits per heavy atom. The summed E-state index contributed by atoms with van der Waals surface area (Å²) >= 11 is 0. The number of benzene rings is 2. The van der Waals surface area contributed by atoms with Crippen LogP contribution >= 0.6 is 0 Å². The first-order valence-electron chi connectivity index (χ1n) is 7.82. The molecule has 3 aromatic rings. The highest BCUT2D eigenvalue weighted by molar-refractivity contribution is 5.94. The zero-order valence-electron chi connectivity index (χ0n) is 13.5. The minimum atomic E-state index is 0.0674. The normalized spacial score (nSPS) is 10.7. The second kappa shape index (κ2) is 6.61. The van der Waals surface area contributed by atoms with Gasteiger partial charge in [0.2, 0.25) is 0 Å². The molecule has 3 rings (SSSR count). The van der Waals surface area contributed by atoms with E-state index in [0.29, 0.717) is 18.7 Å². The smallest absolute Gasteiger partial charge is 0.177 e. The van der Waals surface area contributed by atoms with E-state index in [0.717, 1.165) is 11.3 Å². The van der Waals surface area contributed by atoms with Crippen molar-refractivity contribution < 1.29 is 14.1 Å². The van der Waals surface area contributed by atoms with E-state index in [1.165, 1.54) is 10.8 Å². The Morgan fingerprint density at radius 3 is 2.61 bits per heavy atom. The molecule has 0 radical (unpaired) electrons. The Kier molecular flexibility index (Phi) is 4.38. The number of hydrogen-bond donors (Lipinski definition) is 0. The molecule has 0 spiro atoms. The Bertz CT molecular complexity index is 855. The predicted octanol–water partition coefficient (Wildman–Crippen LogP) is 3.78. The van der Waals surface area contributed by atoms with E-state index >= 15 is 0 Å². The van der Waals surface area contributed by atoms with Gasteiger partial charge in [0.05, 0.1) is 12.2 Å². The van der Waals surface area contributed by atoms with E-state index < -0.39 is 0 Å². The fourth-order valence-electron chi connectivity index (χ4n) is 2.69. The summed E-state index contributed by atoms with van der Waals surface area (Å²) in [4.78, 5) is 11.6. The van der Waals surface area contributed by atoms with E-state index in [9.17, 15) is 4.79 Å². The largest absolute Gasteiger partial charge is 0.493 e. The number of Topliss-reactive ketones (excluding diaryl/α,β-unsaturated/α-hetero) is 1. The fourth-order valence-corrected chi connectivity index (χ4v) is 2.69. The summed E-state index contributed by atoms with van der Waals surface area (Å²) in [5.74, 6) is 0.899. The number of fused-ring (bicyclic) bond motifs is 1. The van der Waals surface area contributed by atoms with Crippen molar-refractivity contribution in [1.29, 1.82) is 0 Å². The maximum Gasteiger partial charge on any atom is 0.177 e. The van der Waals surface area contributed by atoms with E-state index in [1.807, 2.05) is 37.3 Å². The molecule has 3 nitrogen and oxygen atoms in total. The van der Waals surface area contributed by atoms with E-state index in [2.05, 4.69) is 35.2 Å². The van der Waals surface area contributed by atoms with Crippen LogP contribution in [0, 0.1) is 0 Å². The molecule has 0 amide bonds. The van der Waals surface area contributed by atoms with Gasteiger partial charge in [-0.2, -0.15) is 0 Å². The molecule has 0 saturated carbocycles. The van der Waals surface area contributed by atoms with Gasteiger partial charge in [-0.3, -0.25) is 4.79 Å². The van der Waals surface area contributed by atoms with E-state index in [4.69, 9.17) is 4.74 Å². The quantitative estimate of drug-likeness (QED) is 0.530.